The van der Waals surface area contributed by atoms with E-state index in [0.29, 0.717) is 16.7 Å². The number of rotatable bonds is 4. The van der Waals surface area contributed by atoms with Crippen molar-refractivity contribution in [1.29, 1.82) is 0 Å². The standard InChI is InChI=1S/C15H12N4O3/c1-22-12-5-2-10(3-6-12)18-15-13-8-11(19(20)21)4-7-14(13)16-9-17-15/h2-9H,1H3,(H,16,17,18). The van der Waals surface area contributed by atoms with Gasteiger partial charge >= 0.3 is 0 Å². The molecule has 3 rings (SSSR count). The van der Waals surface area contributed by atoms with Crippen LogP contribution in [-0.4, -0.2) is 22.0 Å². The lowest BCUT2D eigenvalue weighted by Gasteiger charge is -2.08. The highest BCUT2D eigenvalue weighted by molar-refractivity contribution is 5.92. The number of aromatic nitrogens is 2. The number of methoxy groups -OCH3 is 1. The van der Waals surface area contributed by atoms with Crippen molar-refractivity contribution in [1.82, 2.24) is 9.97 Å². The number of hydrogen-bond donors (Lipinski definition) is 1. The number of nitro benzene ring substituents is 1. The van der Waals surface area contributed by atoms with Crippen molar-refractivity contribution in [3.63, 3.8) is 0 Å². The van der Waals surface area contributed by atoms with Crippen LogP contribution in [0.4, 0.5) is 17.2 Å². The number of benzene rings is 2. The summed E-state index contributed by atoms with van der Waals surface area (Å²) in [5.41, 5.74) is 1.43. The van der Waals surface area contributed by atoms with Crippen LogP contribution >= 0.6 is 0 Å². The van der Waals surface area contributed by atoms with E-state index in [4.69, 9.17) is 4.74 Å². The highest BCUT2D eigenvalue weighted by Crippen LogP contribution is 2.27. The van der Waals surface area contributed by atoms with Crippen molar-refractivity contribution in [2.75, 3.05) is 12.4 Å². The molecule has 7 heteroatoms. The summed E-state index contributed by atoms with van der Waals surface area (Å²) >= 11 is 0. The van der Waals surface area contributed by atoms with Crippen LogP contribution in [0.3, 0.4) is 0 Å². The zero-order valence-electron chi connectivity index (χ0n) is 11.7. The fourth-order valence-corrected chi connectivity index (χ4v) is 2.07. The minimum absolute atomic E-state index is 0.0000749. The molecule has 0 bridgehead atoms. The van der Waals surface area contributed by atoms with Crippen molar-refractivity contribution < 1.29 is 9.66 Å². The summed E-state index contributed by atoms with van der Waals surface area (Å²) in [4.78, 5) is 18.8. The molecular weight excluding hydrogens is 284 g/mol. The third kappa shape index (κ3) is 2.64. The van der Waals surface area contributed by atoms with E-state index < -0.39 is 4.92 Å². The highest BCUT2D eigenvalue weighted by atomic mass is 16.6. The molecule has 0 spiro atoms. The van der Waals surface area contributed by atoms with Gasteiger partial charge in [0.05, 0.1) is 17.5 Å². The zero-order valence-corrected chi connectivity index (χ0v) is 11.7. The van der Waals surface area contributed by atoms with Gasteiger partial charge in [-0.25, -0.2) is 9.97 Å². The van der Waals surface area contributed by atoms with E-state index in [1.165, 1.54) is 18.5 Å². The van der Waals surface area contributed by atoms with E-state index >= 15 is 0 Å². The van der Waals surface area contributed by atoms with Gasteiger partial charge in [0.1, 0.15) is 17.9 Å². The number of nitrogens with one attached hydrogen (secondary N) is 1. The Hall–Kier alpha value is -3.22. The summed E-state index contributed by atoms with van der Waals surface area (Å²) in [6.45, 7) is 0. The first-order valence-corrected chi connectivity index (χ1v) is 6.47. The molecule has 22 heavy (non-hydrogen) atoms. The minimum atomic E-state index is -0.441. The van der Waals surface area contributed by atoms with Gasteiger partial charge in [-0.3, -0.25) is 10.1 Å². The van der Waals surface area contributed by atoms with Crippen LogP contribution < -0.4 is 10.1 Å². The molecule has 0 fully saturated rings. The van der Waals surface area contributed by atoms with Crippen molar-refractivity contribution in [2.45, 2.75) is 0 Å². The predicted octanol–water partition coefficient (Wildman–Crippen LogP) is 3.29. The van der Waals surface area contributed by atoms with E-state index in [0.717, 1.165) is 11.4 Å². The molecule has 0 atom stereocenters. The Balaban J connectivity index is 2.01. The monoisotopic (exact) mass is 296 g/mol. The molecule has 2 aromatic carbocycles. The number of hydrogen-bond acceptors (Lipinski definition) is 6. The lowest BCUT2D eigenvalue weighted by atomic mass is 10.2. The second kappa shape index (κ2) is 5.65. The van der Waals surface area contributed by atoms with Crippen molar-refractivity contribution in [2.24, 2.45) is 0 Å². The van der Waals surface area contributed by atoms with E-state index in [9.17, 15) is 10.1 Å². The Morgan fingerprint density at radius 1 is 1.14 bits per heavy atom. The molecule has 3 aromatic rings. The molecular formula is C15H12N4O3. The Kier molecular flexibility index (Phi) is 3.53. The van der Waals surface area contributed by atoms with Crippen LogP contribution in [0.2, 0.25) is 0 Å². The Morgan fingerprint density at radius 2 is 1.91 bits per heavy atom. The smallest absolute Gasteiger partial charge is 0.270 e. The minimum Gasteiger partial charge on any atom is -0.497 e. The molecule has 0 radical (unpaired) electrons. The van der Waals surface area contributed by atoms with E-state index in [1.807, 2.05) is 24.3 Å². The number of ether oxygens (including phenoxy) is 1. The van der Waals surface area contributed by atoms with Gasteiger partial charge in [0, 0.05) is 23.2 Å². The zero-order chi connectivity index (χ0) is 15.5. The number of non-ortho nitro benzene ring substituents is 1. The predicted molar refractivity (Wildman–Crippen MR) is 82.5 cm³/mol. The third-order valence-electron chi connectivity index (χ3n) is 3.18. The Morgan fingerprint density at radius 3 is 2.59 bits per heavy atom. The van der Waals surface area contributed by atoms with Gasteiger partial charge in [-0.2, -0.15) is 0 Å². The largest absolute Gasteiger partial charge is 0.497 e. The highest BCUT2D eigenvalue weighted by Gasteiger charge is 2.10. The van der Waals surface area contributed by atoms with Gasteiger partial charge in [-0.15, -0.1) is 0 Å². The molecule has 0 unspecified atom stereocenters. The van der Waals surface area contributed by atoms with Crippen LogP contribution in [-0.2, 0) is 0 Å². The lowest BCUT2D eigenvalue weighted by Crippen LogP contribution is -1.97. The van der Waals surface area contributed by atoms with Crippen molar-refractivity contribution in [3.8, 4) is 5.75 Å². The van der Waals surface area contributed by atoms with Gasteiger partial charge in [0.2, 0.25) is 0 Å². The van der Waals surface area contributed by atoms with Crippen LogP contribution in [0.5, 0.6) is 5.75 Å². The molecule has 1 aromatic heterocycles. The molecule has 7 nitrogen and oxygen atoms in total. The average molecular weight is 296 g/mol. The molecule has 0 saturated heterocycles. The molecule has 1 heterocycles. The summed E-state index contributed by atoms with van der Waals surface area (Å²) < 4.78 is 5.10. The van der Waals surface area contributed by atoms with Gasteiger partial charge < -0.3 is 10.1 Å². The quantitative estimate of drug-likeness (QED) is 0.587. The van der Waals surface area contributed by atoms with Gasteiger partial charge in [-0.1, -0.05) is 0 Å². The Bertz CT molecular complexity index is 834. The Labute approximate surface area is 125 Å². The normalized spacial score (nSPS) is 10.4. The number of nitrogens with zero attached hydrogens (tertiary/aromatic N) is 3. The second-order valence-electron chi connectivity index (χ2n) is 4.53. The summed E-state index contributed by atoms with van der Waals surface area (Å²) in [7, 11) is 1.60. The van der Waals surface area contributed by atoms with Gasteiger partial charge in [0.25, 0.3) is 5.69 Å². The first kappa shape index (κ1) is 13.7. The maximum atomic E-state index is 10.9. The average Bonchev–Trinajstić information content (AvgIpc) is 2.55. The van der Waals surface area contributed by atoms with Crippen molar-refractivity contribution in [3.05, 3.63) is 58.9 Å². The topological polar surface area (TPSA) is 90.2 Å². The van der Waals surface area contributed by atoms with Crippen LogP contribution in [0.25, 0.3) is 10.9 Å². The van der Waals surface area contributed by atoms with Crippen LogP contribution in [0, 0.1) is 10.1 Å². The molecule has 0 aliphatic carbocycles. The molecule has 0 aliphatic rings. The molecule has 110 valence electrons. The fraction of sp³-hybridized carbons (Fsp3) is 0.0667. The maximum Gasteiger partial charge on any atom is 0.270 e. The second-order valence-corrected chi connectivity index (χ2v) is 4.53. The van der Waals surface area contributed by atoms with Crippen LogP contribution in [0.15, 0.2) is 48.8 Å². The number of anilines is 2. The van der Waals surface area contributed by atoms with Crippen molar-refractivity contribution >= 4 is 28.1 Å². The molecule has 0 aliphatic heterocycles. The number of fused-ring (bicyclic) bond motifs is 1. The lowest BCUT2D eigenvalue weighted by molar-refractivity contribution is -0.384. The van der Waals surface area contributed by atoms with Gasteiger partial charge in [0.15, 0.2) is 0 Å². The first-order valence-electron chi connectivity index (χ1n) is 6.47. The first-order chi connectivity index (χ1) is 10.7. The number of nitro groups is 1. The van der Waals surface area contributed by atoms with Gasteiger partial charge in [-0.05, 0) is 30.3 Å². The summed E-state index contributed by atoms with van der Waals surface area (Å²) in [6, 6.07) is 11.8. The fourth-order valence-electron chi connectivity index (χ4n) is 2.07. The summed E-state index contributed by atoms with van der Waals surface area (Å²) in [5, 5.41) is 14.6. The molecule has 0 amide bonds. The van der Waals surface area contributed by atoms with E-state index in [-0.39, 0.29) is 5.69 Å². The summed E-state index contributed by atoms with van der Waals surface area (Å²) in [5.74, 6) is 1.26. The maximum absolute atomic E-state index is 10.9. The summed E-state index contributed by atoms with van der Waals surface area (Å²) in [6.07, 6.45) is 1.42. The third-order valence-corrected chi connectivity index (χ3v) is 3.18. The SMILES string of the molecule is COc1ccc(Nc2ncnc3ccc([N+](=O)[O-])cc23)cc1. The molecule has 0 saturated carbocycles. The van der Waals surface area contributed by atoms with Crippen LogP contribution in [0.1, 0.15) is 0 Å². The van der Waals surface area contributed by atoms with E-state index in [2.05, 4.69) is 15.3 Å². The van der Waals surface area contributed by atoms with E-state index in [1.54, 1.807) is 13.2 Å². The molecule has 1 N–H and O–H groups in total.